The summed E-state index contributed by atoms with van der Waals surface area (Å²) in [7, 11) is 0. The molecule has 3 nitrogen and oxygen atoms in total. The van der Waals surface area contributed by atoms with Crippen molar-refractivity contribution in [3.63, 3.8) is 0 Å². The molecule has 5 rings (SSSR count). The molecule has 1 aromatic rings. The molecule has 134 valence electrons. The van der Waals surface area contributed by atoms with E-state index < -0.39 is 6.61 Å². The fourth-order valence-corrected chi connectivity index (χ4v) is 5.55. The second kappa shape index (κ2) is 6.43. The van der Waals surface area contributed by atoms with Crippen LogP contribution in [0.4, 0.5) is 8.78 Å². The van der Waals surface area contributed by atoms with Gasteiger partial charge in [0.25, 0.3) is 0 Å². The zero-order valence-corrected chi connectivity index (χ0v) is 14.1. The van der Waals surface area contributed by atoms with Crippen LogP contribution in [0.3, 0.4) is 0 Å². The van der Waals surface area contributed by atoms with Gasteiger partial charge in [0, 0.05) is 17.2 Å². The van der Waals surface area contributed by atoms with Gasteiger partial charge in [0.1, 0.15) is 5.75 Å². The predicted molar refractivity (Wildman–Crippen MR) is 91.2 cm³/mol. The van der Waals surface area contributed by atoms with Crippen molar-refractivity contribution in [2.75, 3.05) is 0 Å². The van der Waals surface area contributed by atoms with Crippen molar-refractivity contribution < 1.29 is 18.3 Å². The van der Waals surface area contributed by atoms with Gasteiger partial charge in [-0.1, -0.05) is 18.2 Å². The third-order valence-corrected chi connectivity index (χ3v) is 5.98. The van der Waals surface area contributed by atoms with E-state index in [-0.39, 0.29) is 17.2 Å². The van der Waals surface area contributed by atoms with Crippen molar-refractivity contribution in [1.82, 2.24) is 5.32 Å². The van der Waals surface area contributed by atoms with Crippen LogP contribution in [0.5, 0.6) is 5.75 Å². The molecule has 1 N–H and O–H groups in total. The van der Waals surface area contributed by atoms with Gasteiger partial charge in [-0.2, -0.15) is 8.78 Å². The van der Waals surface area contributed by atoms with E-state index >= 15 is 0 Å². The standard InChI is InChI=1S/C20H23F2NO2/c21-19(22)25-17-4-2-1-3-16(17)5-6-18(24)23-20-10-13-7-14(11-20)9-15(8-13)12-20/h1-6,13-15,19H,7-12H2,(H,23,24)/b6-5+. The summed E-state index contributed by atoms with van der Waals surface area (Å²) >= 11 is 0. The number of para-hydroxylation sites is 1. The van der Waals surface area contributed by atoms with Crippen molar-refractivity contribution in [3.8, 4) is 5.75 Å². The number of amides is 1. The molecule has 4 aliphatic carbocycles. The number of rotatable bonds is 5. The van der Waals surface area contributed by atoms with Gasteiger partial charge in [0.2, 0.25) is 5.91 Å². The molecule has 0 spiro atoms. The van der Waals surface area contributed by atoms with E-state index in [1.54, 1.807) is 24.3 Å². The Balaban J connectivity index is 1.44. The molecule has 4 saturated carbocycles. The van der Waals surface area contributed by atoms with Gasteiger partial charge in [-0.05, 0) is 68.4 Å². The molecule has 0 saturated heterocycles. The van der Waals surface area contributed by atoms with Crippen LogP contribution in [0.2, 0.25) is 0 Å². The molecule has 1 amide bonds. The Morgan fingerprint density at radius 2 is 1.72 bits per heavy atom. The lowest BCUT2D eigenvalue weighted by molar-refractivity contribution is -0.122. The van der Waals surface area contributed by atoms with Crippen molar-refractivity contribution >= 4 is 12.0 Å². The summed E-state index contributed by atoms with van der Waals surface area (Å²) in [4.78, 5) is 12.4. The fourth-order valence-electron chi connectivity index (χ4n) is 5.55. The Morgan fingerprint density at radius 1 is 1.12 bits per heavy atom. The lowest BCUT2D eigenvalue weighted by atomic mass is 9.53. The van der Waals surface area contributed by atoms with E-state index in [2.05, 4.69) is 10.1 Å². The predicted octanol–water partition coefficient (Wildman–Crippen LogP) is 4.39. The summed E-state index contributed by atoms with van der Waals surface area (Å²) < 4.78 is 29.4. The molecule has 0 radical (unpaired) electrons. The highest BCUT2D eigenvalue weighted by Crippen LogP contribution is 2.55. The first-order chi connectivity index (χ1) is 12.0. The number of benzene rings is 1. The number of hydrogen-bond donors (Lipinski definition) is 1. The number of ether oxygens (including phenoxy) is 1. The molecule has 4 aliphatic rings. The number of hydrogen-bond acceptors (Lipinski definition) is 2. The van der Waals surface area contributed by atoms with Gasteiger partial charge in [0.15, 0.2) is 0 Å². The second-order valence-corrected chi connectivity index (χ2v) is 7.94. The molecule has 0 aromatic heterocycles. The van der Waals surface area contributed by atoms with Crippen LogP contribution in [0.1, 0.15) is 44.1 Å². The minimum absolute atomic E-state index is 0.0465. The highest BCUT2D eigenvalue weighted by molar-refractivity contribution is 5.92. The normalized spacial score (nSPS) is 33.2. The van der Waals surface area contributed by atoms with E-state index in [0.29, 0.717) is 5.56 Å². The molecule has 4 bridgehead atoms. The van der Waals surface area contributed by atoms with Crippen LogP contribution in [-0.4, -0.2) is 18.1 Å². The zero-order chi connectivity index (χ0) is 17.4. The smallest absolute Gasteiger partial charge is 0.387 e. The number of carbonyl (C=O) groups excluding carboxylic acids is 1. The molecule has 25 heavy (non-hydrogen) atoms. The van der Waals surface area contributed by atoms with Gasteiger partial charge >= 0.3 is 6.61 Å². The third kappa shape index (κ3) is 3.55. The van der Waals surface area contributed by atoms with Crippen molar-refractivity contribution in [3.05, 3.63) is 35.9 Å². The zero-order valence-electron chi connectivity index (χ0n) is 14.1. The van der Waals surface area contributed by atoms with Crippen LogP contribution >= 0.6 is 0 Å². The molecule has 0 heterocycles. The Bertz CT molecular complexity index is 651. The fraction of sp³-hybridized carbons (Fsp3) is 0.550. The summed E-state index contributed by atoms with van der Waals surface area (Å²) in [6.07, 6.45) is 10.2. The van der Waals surface area contributed by atoms with Crippen LogP contribution < -0.4 is 10.1 Å². The van der Waals surface area contributed by atoms with Gasteiger partial charge < -0.3 is 10.1 Å². The minimum atomic E-state index is -2.88. The van der Waals surface area contributed by atoms with Crippen LogP contribution in [0, 0.1) is 17.8 Å². The number of carbonyl (C=O) groups is 1. The maximum Gasteiger partial charge on any atom is 0.387 e. The van der Waals surface area contributed by atoms with E-state index in [4.69, 9.17) is 0 Å². The van der Waals surface area contributed by atoms with Crippen molar-refractivity contribution in [2.24, 2.45) is 17.8 Å². The summed E-state index contributed by atoms with van der Waals surface area (Å²) in [5, 5.41) is 3.24. The van der Waals surface area contributed by atoms with E-state index in [0.717, 1.165) is 37.0 Å². The lowest BCUT2D eigenvalue weighted by Gasteiger charge is -2.56. The minimum Gasteiger partial charge on any atom is -0.434 e. The van der Waals surface area contributed by atoms with Crippen molar-refractivity contribution in [1.29, 1.82) is 0 Å². The first-order valence-corrected chi connectivity index (χ1v) is 9.05. The van der Waals surface area contributed by atoms with Crippen LogP contribution in [0.25, 0.3) is 6.08 Å². The van der Waals surface area contributed by atoms with Gasteiger partial charge in [-0.15, -0.1) is 0 Å². The van der Waals surface area contributed by atoms with Gasteiger partial charge in [-0.25, -0.2) is 0 Å². The summed E-state index contributed by atoms with van der Waals surface area (Å²) in [5.74, 6) is 2.22. The Kier molecular flexibility index (Phi) is 4.26. The average Bonchev–Trinajstić information content (AvgIpc) is 2.51. The van der Waals surface area contributed by atoms with Crippen LogP contribution in [0.15, 0.2) is 30.3 Å². The Hall–Kier alpha value is -1.91. The lowest BCUT2D eigenvalue weighted by Crippen LogP contribution is -2.59. The molecule has 5 heteroatoms. The first kappa shape index (κ1) is 16.6. The molecular formula is C20H23F2NO2. The SMILES string of the molecule is O=C(/C=C/c1ccccc1OC(F)F)NC12CC3CC(CC(C3)C1)C2. The Morgan fingerprint density at radius 3 is 2.32 bits per heavy atom. The molecule has 4 fully saturated rings. The first-order valence-electron chi connectivity index (χ1n) is 9.05. The summed E-state index contributed by atoms with van der Waals surface area (Å²) in [6.45, 7) is -2.88. The highest BCUT2D eigenvalue weighted by Gasteiger charge is 2.51. The van der Waals surface area contributed by atoms with E-state index in [9.17, 15) is 13.6 Å². The highest BCUT2D eigenvalue weighted by atomic mass is 19.3. The number of halogens is 2. The Labute approximate surface area is 146 Å². The number of alkyl halides is 2. The second-order valence-electron chi connectivity index (χ2n) is 7.94. The molecule has 0 unspecified atom stereocenters. The van der Waals surface area contributed by atoms with Crippen molar-refractivity contribution in [2.45, 2.75) is 50.7 Å². The van der Waals surface area contributed by atoms with Crippen LogP contribution in [-0.2, 0) is 4.79 Å². The summed E-state index contributed by atoms with van der Waals surface area (Å²) in [5.41, 5.74) is 0.429. The topological polar surface area (TPSA) is 38.3 Å². The third-order valence-electron chi connectivity index (χ3n) is 5.98. The molecule has 1 aromatic carbocycles. The maximum atomic E-state index is 12.5. The molecular weight excluding hydrogens is 324 g/mol. The quantitative estimate of drug-likeness (QED) is 0.803. The van der Waals surface area contributed by atoms with E-state index in [1.807, 2.05) is 0 Å². The molecule has 0 aliphatic heterocycles. The number of nitrogens with one attached hydrogen (secondary N) is 1. The monoisotopic (exact) mass is 347 g/mol. The largest absolute Gasteiger partial charge is 0.434 e. The average molecular weight is 347 g/mol. The van der Waals surface area contributed by atoms with Gasteiger partial charge in [0.05, 0.1) is 0 Å². The van der Waals surface area contributed by atoms with E-state index in [1.165, 1.54) is 31.4 Å². The van der Waals surface area contributed by atoms with Gasteiger partial charge in [-0.3, -0.25) is 4.79 Å². The molecule has 0 atom stereocenters. The summed E-state index contributed by atoms with van der Waals surface area (Å²) in [6, 6.07) is 6.49. The maximum absolute atomic E-state index is 12.5.